The fourth-order valence-corrected chi connectivity index (χ4v) is 3.65. The van der Waals surface area contributed by atoms with E-state index in [1.807, 2.05) is 18.2 Å². The summed E-state index contributed by atoms with van der Waals surface area (Å²) in [4.78, 5) is 4.88. The Morgan fingerprint density at radius 3 is 2.69 bits per heavy atom. The van der Waals surface area contributed by atoms with Crippen molar-refractivity contribution in [3.8, 4) is 5.75 Å². The number of methoxy groups -OCH3 is 1. The Bertz CT molecular complexity index is 1140. The topological polar surface area (TPSA) is 60.2 Å². The summed E-state index contributed by atoms with van der Waals surface area (Å²) < 4.78 is 6.67. The van der Waals surface area contributed by atoms with Crippen molar-refractivity contribution < 1.29 is 4.74 Å². The minimum atomic E-state index is 0.669. The first kappa shape index (κ1) is 16.9. The molecular weight excluding hydrogens is 437 g/mol. The molecule has 0 spiro atoms. The van der Waals surface area contributed by atoms with Crippen LogP contribution in [0.3, 0.4) is 0 Å². The first-order valence-electron chi connectivity index (χ1n) is 8.26. The van der Waals surface area contributed by atoms with Crippen LogP contribution in [0.25, 0.3) is 21.8 Å². The van der Waals surface area contributed by atoms with Crippen LogP contribution in [0, 0.1) is 10.5 Å². The van der Waals surface area contributed by atoms with Crippen molar-refractivity contribution in [3.05, 3.63) is 63.7 Å². The van der Waals surface area contributed by atoms with Gasteiger partial charge in [0.2, 0.25) is 0 Å². The fourth-order valence-electron chi connectivity index (χ4n) is 3.16. The van der Waals surface area contributed by atoms with Gasteiger partial charge in [-0.2, -0.15) is 0 Å². The van der Waals surface area contributed by atoms with Gasteiger partial charge in [-0.05, 0) is 65.4 Å². The van der Waals surface area contributed by atoms with Gasteiger partial charge in [-0.15, -0.1) is 0 Å². The number of aryl methyl sites for hydroxylation is 1. The van der Waals surface area contributed by atoms with E-state index in [4.69, 9.17) is 15.5 Å². The third kappa shape index (κ3) is 2.92. The molecular formula is C21H18IN3O. The van der Waals surface area contributed by atoms with Crippen LogP contribution in [-0.2, 0) is 0 Å². The summed E-state index contributed by atoms with van der Waals surface area (Å²) in [5.74, 6) is 0.710. The van der Waals surface area contributed by atoms with Crippen molar-refractivity contribution >= 4 is 61.5 Å². The second-order valence-electron chi connectivity index (χ2n) is 6.20. The minimum absolute atomic E-state index is 0.669. The van der Waals surface area contributed by atoms with Crippen LogP contribution < -0.4 is 15.8 Å². The molecule has 0 atom stereocenters. The number of hydrogen-bond donors (Lipinski definition) is 2. The normalized spacial score (nSPS) is 11.0. The summed E-state index contributed by atoms with van der Waals surface area (Å²) in [5.41, 5.74) is 11.6. The average molecular weight is 455 g/mol. The highest BCUT2D eigenvalue weighted by atomic mass is 127. The molecule has 0 saturated heterocycles. The number of nitrogens with two attached hydrogens (primary N) is 1. The lowest BCUT2D eigenvalue weighted by atomic mass is 10.0. The lowest BCUT2D eigenvalue weighted by Crippen LogP contribution is -1.99. The van der Waals surface area contributed by atoms with Gasteiger partial charge >= 0.3 is 0 Å². The van der Waals surface area contributed by atoms with Gasteiger partial charge in [0.25, 0.3) is 0 Å². The Morgan fingerprint density at radius 2 is 1.88 bits per heavy atom. The van der Waals surface area contributed by atoms with E-state index in [1.165, 1.54) is 0 Å². The van der Waals surface area contributed by atoms with Gasteiger partial charge in [0.15, 0.2) is 0 Å². The number of ether oxygens (including phenoxy) is 1. The van der Waals surface area contributed by atoms with Crippen LogP contribution in [0.15, 0.2) is 54.6 Å². The van der Waals surface area contributed by atoms with Gasteiger partial charge in [0, 0.05) is 26.1 Å². The van der Waals surface area contributed by atoms with Crippen LogP contribution >= 0.6 is 22.6 Å². The number of rotatable bonds is 3. The first-order valence-corrected chi connectivity index (χ1v) is 9.34. The van der Waals surface area contributed by atoms with E-state index in [0.29, 0.717) is 11.4 Å². The second-order valence-corrected chi connectivity index (χ2v) is 7.45. The molecule has 0 aliphatic rings. The number of aromatic nitrogens is 1. The Labute approximate surface area is 165 Å². The van der Waals surface area contributed by atoms with Gasteiger partial charge in [0.05, 0.1) is 29.5 Å². The Balaban J connectivity index is 2.03. The van der Waals surface area contributed by atoms with Gasteiger partial charge in [0.1, 0.15) is 5.75 Å². The Morgan fingerprint density at radius 1 is 1.04 bits per heavy atom. The summed E-state index contributed by atoms with van der Waals surface area (Å²) in [6.45, 7) is 2.08. The molecule has 0 radical (unpaired) electrons. The number of para-hydroxylation sites is 1. The number of pyridine rings is 1. The molecule has 4 nitrogen and oxygen atoms in total. The van der Waals surface area contributed by atoms with E-state index in [0.717, 1.165) is 42.3 Å². The van der Waals surface area contributed by atoms with E-state index in [-0.39, 0.29) is 0 Å². The van der Waals surface area contributed by atoms with Crippen LogP contribution in [0.2, 0.25) is 0 Å². The first-order chi connectivity index (χ1) is 12.6. The Kier molecular flexibility index (Phi) is 4.32. The molecule has 0 unspecified atom stereocenters. The van der Waals surface area contributed by atoms with Crippen molar-refractivity contribution in [2.75, 3.05) is 18.2 Å². The molecule has 1 heterocycles. The van der Waals surface area contributed by atoms with Crippen LogP contribution in [0.1, 0.15) is 5.56 Å². The molecule has 4 rings (SSSR count). The monoisotopic (exact) mass is 455 g/mol. The number of anilines is 3. The highest BCUT2D eigenvalue weighted by molar-refractivity contribution is 14.1. The van der Waals surface area contributed by atoms with Crippen molar-refractivity contribution in [3.63, 3.8) is 0 Å². The molecule has 130 valence electrons. The summed E-state index contributed by atoms with van der Waals surface area (Å²) in [6, 6.07) is 18.2. The fraction of sp³-hybridized carbons (Fsp3) is 0.0952. The molecule has 0 fully saturated rings. The smallest absolute Gasteiger partial charge is 0.144 e. The van der Waals surface area contributed by atoms with Crippen LogP contribution in [-0.4, -0.2) is 12.1 Å². The number of nitrogens with zero attached hydrogens (tertiary/aromatic N) is 1. The number of benzene rings is 3. The molecule has 26 heavy (non-hydrogen) atoms. The predicted octanol–water partition coefficient (Wildman–Crippen LogP) is 5.64. The molecule has 0 saturated carbocycles. The number of nitrogen functional groups attached to an aromatic ring is 1. The van der Waals surface area contributed by atoms with Gasteiger partial charge in [-0.3, -0.25) is 0 Å². The molecule has 4 aromatic rings. The molecule has 3 aromatic carbocycles. The Hall–Kier alpha value is -2.54. The zero-order valence-corrected chi connectivity index (χ0v) is 16.7. The SMILES string of the molecule is COc1cc(N)ccc1Nc1c2cc(I)ccc2nc2c(C)cccc12. The average Bonchev–Trinajstić information content (AvgIpc) is 2.64. The van der Waals surface area contributed by atoms with E-state index in [2.05, 4.69) is 71.2 Å². The summed E-state index contributed by atoms with van der Waals surface area (Å²) in [5, 5.41) is 5.73. The van der Waals surface area contributed by atoms with Crippen LogP contribution in [0.5, 0.6) is 5.75 Å². The summed E-state index contributed by atoms with van der Waals surface area (Å²) in [6.07, 6.45) is 0. The largest absolute Gasteiger partial charge is 0.494 e. The third-order valence-electron chi connectivity index (χ3n) is 4.45. The molecule has 3 N–H and O–H groups in total. The number of hydrogen-bond acceptors (Lipinski definition) is 4. The lowest BCUT2D eigenvalue weighted by molar-refractivity contribution is 0.417. The maximum Gasteiger partial charge on any atom is 0.144 e. The van der Waals surface area contributed by atoms with Gasteiger partial charge < -0.3 is 15.8 Å². The van der Waals surface area contributed by atoms with E-state index < -0.39 is 0 Å². The van der Waals surface area contributed by atoms with Gasteiger partial charge in [-0.25, -0.2) is 4.98 Å². The van der Waals surface area contributed by atoms with E-state index in [1.54, 1.807) is 7.11 Å². The molecule has 1 aromatic heterocycles. The number of halogens is 1. The molecule has 0 bridgehead atoms. The second kappa shape index (κ2) is 6.64. The van der Waals surface area contributed by atoms with Crippen molar-refractivity contribution in [2.24, 2.45) is 0 Å². The van der Waals surface area contributed by atoms with Crippen molar-refractivity contribution in [1.82, 2.24) is 4.98 Å². The molecule has 0 amide bonds. The quantitative estimate of drug-likeness (QED) is 0.239. The number of fused-ring (bicyclic) bond motifs is 2. The zero-order chi connectivity index (χ0) is 18.3. The zero-order valence-electron chi connectivity index (χ0n) is 14.5. The van der Waals surface area contributed by atoms with Crippen LogP contribution in [0.4, 0.5) is 17.1 Å². The maximum atomic E-state index is 5.90. The highest BCUT2D eigenvalue weighted by Crippen LogP contribution is 2.37. The van der Waals surface area contributed by atoms with E-state index >= 15 is 0 Å². The standard InChI is InChI=1S/C21H18IN3O/c1-12-4-3-5-15-20(12)24-17-8-6-13(22)10-16(17)21(15)25-18-9-7-14(23)11-19(18)26-2/h3-11H,23H2,1-2H3,(H,24,25). The minimum Gasteiger partial charge on any atom is -0.494 e. The third-order valence-corrected chi connectivity index (χ3v) is 5.12. The van der Waals surface area contributed by atoms with E-state index in [9.17, 15) is 0 Å². The van der Waals surface area contributed by atoms with Crippen molar-refractivity contribution in [2.45, 2.75) is 6.92 Å². The summed E-state index contributed by atoms with van der Waals surface area (Å²) >= 11 is 2.33. The van der Waals surface area contributed by atoms with Gasteiger partial charge in [-0.1, -0.05) is 18.2 Å². The highest BCUT2D eigenvalue weighted by Gasteiger charge is 2.13. The maximum absolute atomic E-state index is 5.90. The predicted molar refractivity (Wildman–Crippen MR) is 117 cm³/mol. The molecule has 0 aliphatic carbocycles. The number of nitrogens with one attached hydrogen (secondary N) is 1. The molecule has 0 aliphatic heterocycles. The lowest BCUT2D eigenvalue weighted by Gasteiger charge is -2.17. The summed E-state index contributed by atoms with van der Waals surface area (Å²) in [7, 11) is 1.65. The molecule has 5 heteroatoms. The van der Waals surface area contributed by atoms with Crippen molar-refractivity contribution in [1.29, 1.82) is 0 Å².